The van der Waals surface area contributed by atoms with Gasteiger partial charge in [-0.3, -0.25) is 0 Å². The highest BCUT2D eigenvalue weighted by atomic mass is 32.2. The van der Waals surface area contributed by atoms with Gasteiger partial charge in [-0.05, 0) is 43.2 Å². The molecular weight excluding hydrogens is 320 g/mol. The third-order valence-corrected chi connectivity index (χ3v) is 6.52. The Kier molecular flexibility index (Phi) is 4.92. The molecule has 5 heteroatoms. The van der Waals surface area contributed by atoms with Crippen LogP contribution in [-0.4, -0.2) is 38.9 Å². The van der Waals surface area contributed by atoms with Gasteiger partial charge in [0.15, 0.2) is 0 Å². The first-order valence-corrected chi connectivity index (χ1v) is 9.85. The molecule has 128 valence electrons. The van der Waals surface area contributed by atoms with Crippen LogP contribution < -0.4 is 4.90 Å². The van der Waals surface area contributed by atoms with Crippen molar-refractivity contribution in [3.63, 3.8) is 0 Å². The molecule has 0 amide bonds. The molecule has 1 heterocycles. The lowest BCUT2D eigenvalue weighted by atomic mass is 10.2. The van der Waals surface area contributed by atoms with Gasteiger partial charge in [0.05, 0.1) is 4.90 Å². The van der Waals surface area contributed by atoms with Crippen LogP contribution >= 0.6 is 0 Å². The van der Waals surface area contributed by atoms with Crippen LogP contribution in [0.1, 0.15) is 18.1 Å². The largest absolute Gasteiger partial charge is 0.369 e. The van der Waals surface area contributed by atoms with Crippen molar-refractivity contribution in [2.24, 2.45) is 0 Å². The molecule has 3 rings (SSSR count). The highest BCUT2D eigenvalue weighted by molar-refractivity contribution is 7.89. The van der Waals surface area contributed by atoms with Gasteiger partial charge in [0, 0.05) is 31.9 Å². The average Bonchev–Trinajstić information content (AvgIpc) is 2.62. The Labute approximate surface area is 144 Å². The minimum atomic E-state index is -3.39. The van der Waals surface area contributed by atoms with E-state index in [-0.39, 0.29) is 0 Å². The number of sulfonamides is 1. The minimum Gasteiger partial charge on any atom is -0.369 e. The molecule has 4 nitrogen and oxygen atoms in total. The number of anilines is 1. The first-order valence-electron chi connectivity index (χ1n) is 8.41. The molecule has 0 radical (unpaired) electrons. The van der Waals surface area contributed by atoms with E-state index >= 15 is 0 Å². The molecule has 0 N–H and O–H groups in total. The maximum atomic E-state index is 12.8. The van der Waals surface area contributed by atoms with Gasteiger partial charge in [-0.15, -0.1) is 0 Å². The summed E-state index contributed by atoms with van der Waals surface area (Å²) < 4.78 is 27.2. The highest BCUT2D eigenvalue weighted by Crippen LogP contribution is 2.22. The molecular formula is C19H24N2O2S. The van der Waals surface area contributed by atoms with Gasteiger partial charge in [-0.1, -0.05) is 36.8 Å². The molecule has 1 fully saturated rings. The summed E-state index contributed by atoms with van der Waals surface area (Å²) >= 11 is 0. The number of benzene rings is 2. The fourth-order valence-electron chi connectivity index (χ4n) is 2.99. The quantitative estimate of drug-likeness (QED) is 0.856. The van der Waals surface area contributed by atoms with Crippen LogP contribution in [0.5, 0.6) is 0 Å². The molecule has 0 aromatic heterocycles. The number of rotatable bonds is 4. The molecule has 0 spiro atoms. The molecule has 1 saturated heterocycles. The third kappa shape index (κ3) is 3.47. The summed E-state index contributed by atoms with van der Waals surface area (Å²) in [6, 6.07) is 15.6. The lowest BCUT2D eigenvalue weighted by molar-refractivity contribution is 0.385. The van der Waals surface area contributed by atoms with Gasteiger partial charge in [0.1, 0.15) is 0 Å². The van der Waals surface area contributed by atoms with Crippen molar-refractivity contribution in [3.8, 4) is 0 Å². The van der Waals surface area contributed by atoms with Crippen LogP contribution in [0.15, 0.2) is 53.4 Å². The SMILES string of the molecule is CCc1ccc(S(=O)(=O)N2CCN(c3ccc(C)cc3)CC2)cc1. The minimum absolute atomic E-state index is 0.392. The van der Waals surface area contributed by atoms with Crippen LogP contribution in [0.2, 0.25) is 0 Å². The fourth-order valence-corrected chi connectivity index (χ4v) is 4.41. The summed E-state index contributed by atoms with van der Waals surface area (Å²) in [5.41, 5.74) is 3.54. The molecule has 24 heavy (non-hydrogen) atoms. The number of hydrogen-bond donors (Lipinski definition) is 0. The Morgan fingerprint density at radius 2 is 1.46 bits per heavy atom. The summed E-state index contributed by atoms with van der Waals surface area (Å²) in [6.07, 6.45) is 0.912. The molecule has 0 unspecified atom stereocenters. The molecule has 1 aliphatic rings. The summed E-state index contributed by atoms with van der Waals surface area (Å²) in [4.78, 5) is 2.63. The average molecular weight is 344 g/mol. The van der Waals surface area contributed by atoms with Crippen molar-refractivity contribution in [2.45, 2.75) is 25.2 Å². The van der Waals surface area contributed by atoms with Crippen LogP contribution in [0, 0.1) is 6.92 Å². The van der Waals surface area contributed by atoms with Crippen LogP contribution in [-0.2, 0) is 16.4 Å². The zero-order valence-electron chi connectivity index (χ0n) is 14.3. The lowest BCUT2D eigenvalue weighted by Gasteiger charge is -2.35. The zero-order chi connectivity index (χ0) is 17.2. The fraction of sp³-hybridized carbons (Fsp3) is 0.368. The first-order chi connectivity index (χ1) is 11.5. The molecule has 0 saturated carbocycles. The van der Waals surface area contributed by atoms with Crippen LogP contribution in [0.3, 0.4) is 0 Å². The standard InChI is InChI=1S/C19H24N2O2S/c1-3-17-6-10-19(11-7-17)24(22,23)21-14-12-20(13-15-21)18-8-4-16(2)5-9-18/h4-11H,3,12-15H2,1-2H3. The Hall–Kier alpha value is -1.85. The highest BCUT2D eigenvalue weighted by Gasteiger charge is 2.28. The molecule has 0 bridgehead atoms. The van der Waals surface area contributed by atoms with E-state index in [1.54, 1.807) is 16.4 Å². The van der Waals surface area contributed by atoms with E-state index in [1.807, 2.05) is 12.1 Å². The Balaban J connectivity index is 1.69. The van der Waals surface area contributed by atoms with Crippen LogP contribution in [0.4, 0.5) is 5.69 Å². The maximum absolute atomic E-state index is 12.8. The predicted octanol–water partition coefficient (Wildman–Crippen LogP) is 3.07. The summed E-state index contributed by atoms with van der Waals surface area (Å²) in [7, 11) is -3.39. The maximum Gasteiger partial charge on any atom is 0.243 e. The Bertz CT molecular complexity index is 775. The predicted molar refractivity (Wildman–Crippen MR) is 98.0 cm³/mol. The van der Waals surface area contributed by atoms with Crippen molar-refractivity contribution in [1.29, 1.82) is 0 Å². The van der Waals surface area contributed by atoms with Gasteiger partial charge in [0.2, 0.25) is 10.0 Å². The van der Waals surface area contributed by atoms with E-state index in [2.05, 4.69) is 43.0 Å². The monoisotopic (exact) mass is 344 g/mol. The van der Waals surface area contributed by atoms with E-state index in [4.69, 9.17) is 0 Å². The van der Waals surface area contributed by atoms with E-state index in [1.165, 1.54) is 5.56 Å². The number of aryl methyl sites for hydroxylation is 2. The molecule has 0 atom stereocenters. The van der Waals surface area contributed by atoms with Gasteiger partial charge < -0.3 is 4.90 Å². The topological polar surface area (TPSA) is 40.6 Å². The molecule has 0 aliphatic carbocycles. The second-order valence-electron chi connectivity index (χ2n) is 6.22. The number of nitrogens with zero attached hydrogens (tertiary/aromatic N) is 2. The van der Waals surface area contributed by atoms with E-state index in [0.29, 0.717) is 18.0 Å². The van der Waals surface area contributed by atoms with Crippen molar-refractivity contribution in [2.75, 3.05) is 31.1 Å². The van der Waals surface area contributed by atoms with E-state index in [9.17, 15) is 8.42 Å². The van der Waals surface area contributed by atoms with E-state index < -0.39 is 10.0 Å². The van der Waals surface area contributed by atoms with Gasteiger partial charge >= 0.3 is 0 Å². The van der Waals surface area contributed by atoms with Crippen molar-refractivity contribution in [1.82, 2.24) is 4.31 Å². The first kappa shape index (κ1) is 17.0. The summed E-state index contributed by atoms with van der Waals surface area (Å²) in [5.74, 6) is 0. The Morgan fingerprint density at radius 1 is 0.875 bits per heavy atom. The second-order valence-corrected chi connectivity index (χ2v) is 8.16. The molecule has 2 aromatic carbocycles. The van der Waals surface area contributed by atoms with Crippen molar-refractivity contribution >= 4 is 15.7 Å². The Morgan fingerprint density at radius 3 is 2.00 bits per heavy atom. The molecule has 1 aliphatic heterocycles. The number of hydrogen-bond acceptors (Lipinski definition) is 3. The molecule has 2 aromatic rings. The summed E-state index contributed by atoms with van der Waals surface area (Å²) in [5, 5.41) is 0. The van der Waals surface area contributed by atoms with Gasteiger partial charge in [-0.2, -0.15) is 4.31 Å². The van der Waals surface area contributed by atoms with Crippen LogP contribution in [0.25, 0.3) is 0 Å². The zero-order valence-corrected chi connectivity index (χ0v) is 15.1. The van der Waals surface area contributed by atoms with Gasteiger partial charge in [0.25, 0.3) is 0 Å². The van der Waals surface area contributed by atoms with Crippen molar-refractivity contribution < 1.29 is 8.42 Å². The van der Waals surface area contributed by atoms with Crippen molar-refractivity contribution in [3.05, 3.63) is 59.7 Å². The smallest absolute Gasteiger partial charge is 0.243 e. The lowest BCUT2D eigenvalue weighted by Crippen LogP contribution is -2.48. The normalized spacial score (nSPS) is 16.3. The third-order valence-electron chi connectivity index (χ3n) is 4.61. The number of piperazine rings is 1. The second kappa shape index (κ2) is 6.95. The summed E-state index contributed by atoms with van der Waals surface area (Å²) in [6.45, 7) is 6.61. The van der Waals surface area contributed by atoms with E-state index in [0.717, 1.165) is 30.8 Å². The van der Waals surface area contributed by atoms with Gasteiger partial charge in [-0.25, -0.2) is 8.42 Å².